The predicted molar refractivity (Wildman–Crippen MR) is 108 cm³/mol. The molecule has 0 rings (SSSR count). The standard InChI is InChI=1S/C22H42O5/c1-3-5-7-9-11-13-17-26-21(24)19-20(15-16-23)22(25)27-18-14-12-10-8-6-4-2/h20,23H,3-19H2,1-2H3. The van der Waals surface area contributed by atoms with E-state index < -0.39 is 11.9 Å². The second-order valence-electron chi connectivity index (χ2n) is 7.34. The van der Waals surface area contributed by atoms with E-state index in [4.69, 9.17) is 14.6 Å². The Labute approximate surface area is 166 Å². The molecule has 0 amide bonds. The van der Waals surface area contributed by atoms with E-state index in [1.807, 2.05) is 0 Å². The third kappa shape index (κ3) is 16.8. The first-order valence-electron chi connectivity index (χ1n) is 11.1. The summed E-state index contributed by atoms with van der Waals surface area (Å²) in [5.74, 6) is -1.38. The van der Waals surface area contributed by atoms with E-state index in [1.54, 1.807) is 0 Å². The number of hydrogen-bond acceptors (Lipinski definition) is 5. The smallest absolute Gasteiger partial charge is 0.309 e. The van der Waals surface area contributed by atoms with Crippen LogP contribution in [0.5, 0.6) is 0 Å². The zero-order chi connectivity index (χ0) is 20.2. The number of hydrogen-bond donors (Lipinski definition) is 1. The summed E-state index contributed by atoms with van der Waals surface area (Å²) in [5, 5.41) is 9.15. The van der Waals surface area contributed by atoms with Gasteiger partial charge in [0, 0.05) is 6.61 Å². The van der Waals surface area contributed by atoms with E-state index in [0.29, 0.717) is 13.2 Å². The van der Waals surface area contributed by atoms with Gasteiger partial charge in [-0.2, -0.15) is 0 Å². The molecule has 1 N–H and O–H groups in total. The molecule has 0 aliphatic heterocycles. The zero-order valence-electron chi connectivity index (χ0n) is 17.7. The van der Waals surface area contributed by atoms with Crippen molar-refractivity contribution in [3.8, 4) is 0 Å². The maximum atomic E-state index is 12.1. The van der Waals surface area contributed by atoms with Crippen molar-refractivity contribution in [3.63, 3.8) is 0 Å². The quantitative estimate of drug-likeness (QED) is 0.244. The lowest BCUT2D eigenvalue weighted by atomic mass is 10.0. The van der Waals surface area contributed by atoms with E-state index in [2.05, 4.69) is 13.8 Å². The molecule has 0 aromatic carbocycles. The first-order chi connectivity index (χ1) is 13.2. The molecule has 0 aliphatic carbocycles. The fourth-order valence-corrected chi connectivity index (χ4v) is 2.96. The number of carbonyl (C=O) groups is 2. The summed E-state index contributed by atoms with van der Waals surface area (Å²) in [4.78, 5) is 24.1. The summed E-state index contributed by atoms with van der Waals surface area (Å²) in [7, 11) is 0. The molecule has 0 saturated heterocycles. The maximum absolute atomic E-state index is 12.1. The van der Waals surface area contributed by atoms with Gasteiger partial charge < -0.3 is 14.6 Å². The Balaban J connectivity index is 3.88. The van der Waals surface area contributed by atoms with E-state index in [-0.39, 0.29) is 25.4 Å². The number of carbonyl (C=O) groups excluding carboxylic acids is 2. The molecule has 0 aromatic heterocycles. The normalized spacial score (nSPS) is 12.0. The predicted octanol–water partition coefficient (Wildman–Crippen LogP) is 5.18. The van der Waals surface area contributed by atoms with Crippen molar-refractivity contribution < 1.29 is 24.2 Å². The van der Waals surface area contributed by atoms with Gasteiger partial charge in [0.15, 0.2) is 0 Å². The number of ether oxygens (including phenoxy) is 2. The van der Waals surface area contributed by atoms with Crippen molar-refractivity contribution in [2.75, 3.05) is 19.8 Å². The minimum atomic E-state index is -0.604. The van der Waals surface area contributed by atoms with Gasteiger partial charge in [0.2, 0.25) is 0 Å². The number of unbranched alkanes of at least 4 members (excludes halogenated alkanes) is 10. The SMILES string of the molecule is CCCCCCCCOC(=O)CC(CCO)C(=O)OCCCCCCCC. The van der Waals surface area contributed by atoms with E-state index in [1.165, 1.54) is 44.9 Å². The largest absolute Gasteiger partial charge is 0.466 e. The molecule has 5 heteroatoms. The third-order valence-corrected chi connectivity index (χ3v) is 4.73. The molecule has 27 heavy (non-hydrogen) atoms. The summed E-state index contributed by atoms with van der Waals surface area (Å²) >= 11 is 0. The van der Waals surface area contributed by atoms with Crippen LogP contribution in [0, 0.1) is 5.92 Å². The van der Waals surface area contributed by atoms with Gasteiger partial charge in [0.05, 0.1) is 25.6 Å². The summed E-state index contributed by atoms with van der Waals surface area (Å²) in [6.07, 6.45) is 13.8. The van der Waals surface area contributed by atoms with Crippen molar-refractivity contribution in [1.29, 1.82) is 0 Å². The molecule has 0 radical (unpaired) electrons. The van der Waals surface area contributed by atoms with Crippen molar-refractivity contribution >= 4 is 11.9 Å². The summed E-state index contributed by atoms with van der Waals surface area (Å²) in [5.41, 5.74) is 0. The zero-order valence-corrected chi connectivity index (χ0v) is 17.7. The number of aliphatic hydroxyl groups excluding tert-OH is 1. The van der Waals surface area contributed by atoms with Gasteiger partial charge in [0.1, 0.15) is 0 Å². The Morgan fingerprint density at radius 3 is 1.74 bits per heavy atom. The molecule has 0 spiro atoms. The van der Waals surface area contributed by atoms with Gasteiger partial charge in [-0.25, -0.2) is 0 Å². The minimum absolute atomic E-state index is 0.00821. The Hall–Kier alpha value is -1.10. The molecule has 0 aliphatic rings. The molecule has 0 fully saturated rings. The topological polar surface area (TPSA) is 72.8 Å². The summed E-state index contributed by atoms with van der Waals surface area (Å²) < 4.78 is 10.5. The highest BCUT2D eigenvalue weighted by atomic mass is 16.5. The fourth-order valence-electron chi connectivity index (χ4n) is 2.96. The van der Waals surface area contributed by atoms with Crippen LogP contribution in [0.25, 0.3) is 0 Å². The molecule has 160 valence electrons. The van der Waals surface area contributed by atoms with Crippen LogP contribution in [0.4, 0.5) is 0 Å². The van der Waals surface area contributed by atoms with Crippen molar-refractivity contribution in [3.05, 3.63) is 0 Å². The number of aliphatic hydroxyl groups is 1. The molecule has 0 heterocycles. The van der Waals surface area contributed by atoms with Crippen LogP contribution in [-0.2, 0) is 19.1 Å². The lowest BCUT2D eigenvalue weighted by Gasteiger charge is -2.14. The molecule has 0 saturated carbocycles. The molecular formula is C22H42O5. The monoisotopic (exact) mass is 386 g/mol. The van der Waals surface area contributed by atoms with Crippen LogP contribution in [0.2, 0.25) is 0 Å². The Morgan fingerprint density at radius 2 is 1.22 bits per heavy atom. The molecule has 0 bridgehead atoms. The van der Waals surface area contributed by atoms with Gasteiger partial charge in [0.25, 0.3) is 0 Å². The number of esters is 2. The van der Waals surface area contributed by atoms with E-state index >= 15 is 0 Å². The van der Waals surface area contributed by atoms with E-state index in [9.17, 15) is 9.59 Å². The van der Waals surface area contributed by atoms with Crippen LogP contribution in [-0.4, -0.2) is 36.9 Å². The van der Waals surface area contributed by atoms with Crippen molar-refractivity contribution in [1.82, 2.24) is 0 Å². The third-order valence-electron chi connectivity index (χ3n) is 4.73. The van der Waals surface area contributed by atoms with Crippen molar-refractivity contribution in [2.24, 2.45) is 5.92 Å². The fraction of sp³-hybridized carbons (Fsp3) is 0.909. The van der Waals surface area contributed by atoms with Gasteiger partial charge >= 0.3 is 11.9 Å². The molecule has 5 nitrogen and oxygen atoms in total. The molecule has 0 aromatic rings. The Morgan fingerprint density at radius 1 is 0.741 bits per heavy atom. The second kappa shape index (κ2) is 19.7. The first kappa shape index (κ1) is 25.9. The molecule has 1 unspecified atom stereocenters. The lowest BCUT2D eigenvalue weighted by Crippen LogP contribution is -2.23. The highest BCUT2D eigenvalue weighted by Crippen LogP contribution is 2.14. The Bertz CT molecular complexity index is 357. The van der Waals surface area contributed by atoms with Crippen LogP contribution in [0.1, 0.15) is 104 Å². The van der Waals surface area contributed by atoms with Gasteiger partial charge in [-0.3, -0.25) is 9.59 Å². The average Bonchev–Trinajstić information content (AvgIpc) is 2.66. The highest BCUT2D eigenvalue weighted by Gasteiger charge is 2.23. The van der Waals surface area contributed by atoms with Gasteiger partial charge in [-0.1, -0.05) is 78.1 Å². The number of rotatable bonds is 19. The van der Waals surface area contributed by atoms with Crippen molar-refractivity contribution in [2.45, 2.75) is 104 Å². The summed E-state index contributed by atoms with van der Waals surface area (Å²) in [6.45, 7) is 5.02. The van der Waals surface area contributed by atoms with E-state index in [0.717, 1.165) is 32.1 Å². The summed E-state index contributed by atoms with van der Waals surface area (Å²) in [6, 6.07) is 0. The average molecular weight is 387 g/mol. The molecule has 1 atom stereocenters. The minimum Gasteiger partial charge on any atom is -0.466 e. The second-order valence-corrected chi connectivity index (χ2v) is 7.34. The van der Waals surface area contributed by atoms with Gasteiger partial charge in [-0.15, -0.1) is 0 Å². The maximum Gasteiger partial charge on any atom is 0.309 e. The Kier molecular flexibility index (Phi) is 18.9. The van der Waals surface area contributed by atoms with Gasteiger partial charge in [-0.05, 0) is 19.3 Å². The lowest BCUT2D eigenvalue weighted by molar-refractivity contribution is -0.156. The first-order valence-corrected chi connectivity index (χ1v) is 11.1. The van der Waals surface area contributed by atoms with Crippen LogP contribution in [0.15, 0.2) is 0 Å². The van der Waals surface area contributed by atoms with Crippen LogP contribution >= 0.6 is 0 Å². The highest BCUT2D eigenvalue weighted by molar-refractivity contribution is 5.79. The molecular weight excluding hydrogens is 344 g/mol. The van der Waals surface area contributed by atoms with Crippen LogP contribution in [0.3, 0.4) is 0 Å². The van der Waals surface area contributed by atoms with Crippen LogP contribution < -0.4 is 0 Å².